The van der Waals surface area contributed by atoms with E-state index in [4.69, 9.17) is 0 Å². The van der Waals surface area contributed by atoms with E-state index in [9.17, 15) is 18.8 Å². The third-order valence-corrected chi connectivity index (χ3v) is 5.69. The van der Waals surface area contributed by atoms with Crippen molar-refractivity contribution in [3.63, 3.8) is 0 Å². The van der Waals surface area contributed by atoms with E-state index >= 15 is 0 Å². The molecule has 0 unspecified atom stereocenters. The molecule has 0 bridgehead atoms. The lowest BCUT2D eigenvalue weighted by Gasteiger charge is -2.29. The van der Waals surface area contributed by atoms with Crippen molar-refractivity contribution < 1.29 is 9.18 Å². The average Bonchev–Trinajstić information content (AvgIpc) is 3.02. The summed E-state index contributed by atoms with van der Waals surface area (Å²) in [7, 11) is 2.92. The number of benzene rings is 2. The van der Waals surface area contributed by atoms with Gasteiger partial charge in [-0.25, -0.2) is 9.18 Å². The van der Waals surface area contributed by atoms with Crippen LogP contribution in [-0.2, 0) is 14.1 Å². The quantitative estimate of drug-likeness (QED) is 0.694. The molecule has 1 atom stereocenters. The maximum Gasteiger partial charge on any atom is 0.332 e. The van der Waals surface area contributed by atoms with Crippen LogP contribution in [0.15, 0.2) is 63.7 Å². The Morgan fingerprint density at radius 3 is 2.28 bits per heavy atom. The van der Waals surface area contributed by atoms with Crippen molar-refractivity contribution in [2.24, 2.45) is 14.1 Å². The maximum atomic E-state index is 14.9. The van der Waals surface area contributed by atoms with Crippen LogP contribution < -0.4 is 16.6 Å². The number of carbonyl (C=O) groups is 1. The molecule has 2 heterocycles. The van der Waals surface area contributed by atoms with Crippen molar-refractivity contribution >= 4 is 17.3 Å². The number of fused-ring (bicyclic) bond motifs is 3. The fourth-order valence-electron chi connectivity index (χ4n) is 4.28. The lowest BCUT2D eigenvalue weighted by atomic mass is 9.81. The molecule has 144 valence electrons. The Bertz CT molecular complexity index is 1380. The number of rotatable bonds is 1. The van der Waals surface area contributed by atoms with Crippen molar-refractivity contribution in [2.45, 2.75) is 5.92 Å². The minimum absolute atomic E-state index is 0.180. The minimum Gasteiger partial charge on any atom is -0.340 e. The summed E-state index contributed by atoms with van der Waals surface area (Å²) < 4.78 is 17.2. The molecule has 1 aliphatic heterocycles. The van der Waals surface area contributed by atoms with Gasteiger partial charge in [0.25, 0.3) is 5.56 Å². The van der Waals surface area contributed by atoms with Gasteiger partial charge in [-0.15, -0.1) is 0 Å². The second-order valence-corrected chi connectivity index (χ2v) is 7.21. The van der Waals surface area contributed by atoms with E-state index in [0.717, 1.165) is 4.57 Å². The van der Waals surface area contributed by atoms with E-state index in [1.165, 1.54) is 17.7 Å². The normalized spacial score (nSPS) is 16.9. The standard InChI is InChI=1S/C22H16FN3O3/c1-25-20-17(21(28)26(2)22(25)29)15(13-9-5-6-10-14(13)23)16-18(24-20)11-7-3-4-8-12(11)19(16)27/h3-10,15,24H,1-2H3/t15-/m1/s1. The molecule has 2 aromatic carbocycles. The monoisotopic (exact) mass is 389 g/mol. The van der Waals surface area contributed by atoms with E-state index in [1.807, 2.05) is 0 Å². The van der Waals surface area contributed by atoms with Crippen LogP contribution in [0.25, 0.3) is 5.70 Å². The topological polar surface area (TPSA) is 73.1 Å². The van der Waals surface area contributed by atoms with Crippen molar-refractivity contribution in [3.05, 3.63) is 103 Å². The molecule has 0 radical (unpaired) electrons. The SMILES string of the molecule is Cn1c2c(c(=O)n(C)c1=O)[C@H](c1ccccc1F)C1=C(N2)c2ccccc2C1=O. The average molecular weight is 389 g/mol. The molecular weight excluding hydrogens is 373 g/mol. The van der Waals surface area contributed by atoms with Gasteiger partial charge in [0.05, 0.1) is 17.2 Å². The van der Waals surface area contributed by atoms with Crippen LogP contribution in [0.2, 0.25) is 0 Å². The van der Waals surface area contributed by atoms with E-state index < -0.39 is 23.0 Å². The zero-order valence-electron chi connectivity index (χ0n) is 15.7. The van der Waals surface area contributed by atoms with Gasteiger partial charge in [0.1, 0.15) is 11.6 Å². The maximum absolute atomic E-state index is 14.9. The van der Waals surface area contributed by atoms with Crippen LogP contribution in [0.4, 0.5) is 10.2 Å². The molecule has 1 aliphatic carbocycles. The Morgan fingerprint density at radius 1 is 0.897 bits per heavy atom. The molecule has 1 aromatic heterocycles. The number of nitrogens with one attached hydrogen (secondary N) is 1. The first-order valence-corrected chi connectivity index (χ1v) is 9.11. The highest BCUT2D eigenvalue weighted by atomic mass is 19.1. The van der Waals surface area contributed by atoms with Gasteiger partial charge >= 0.3 is 5.69 Å². The molecule has 0 spiro atoms. The highest BCUT2D eigenvalue weighted by Crippen LogP contribution is 2.48. The molecule has 7 heteroatoms. The van der Waals surface area contributed by atoms with Gasteiger partial charge in [0.15, 0.2) is 5.78 Å². The number of allylic oxidation sites excluding steroid dienone is 1. The Kier molecular flexibility index (Phi) is 3.52. The Morgan fingerprint density at radius 2 is 1.55 bits per heavy atom. The summed E-state index contributed by atoms with van der Waals surface area (Å²) in [6.07, 6.45) is 0. The van der Waals surface area contributed by atoms with Crippen LogP contribution in [0.5, 0.6) is 0 Å². The van der Waals surface area contributed by atoms with Gasteiger partial charge in [0, 0.05) is 36.4 Å². The first-order valence-electron chi connectivity index (χ1n) is 9.11. The number of carbonyl (C=O) groups excluding carboxylic acids is 1. The van der Waals surface area contributed by atoms with Gasteiger partial charge in [-0.1, -0.05) is 42.5 Å². The van der Waals surface area contributed by atoms with Crippen LogP contribution in [-0.4, -0.2) is 14.9 Å². The summed E-state index contributed by atoms with van der Waals surface area (Å²) in [5, 5.41) is 3.13. The number of anilines is 1. The summed E-state index contributed by atoms with van der Waals surface area (Å²) in [4.78, 5) is 38.9. The minimum atomic E-state index is -0.923. The molecule has 1 N–H and O–H groups in total. The lowest BCUT2D eigenvalue weighted by molar-refractivity contribution is 0.103. The predicted octanol–water partition coefficient (Wildman–Crippen LogP) is 2.39. The zero-order chi connectivity index (χ0) is 20.4. The number of hydrogen-bond acceptors (Lipinski definition) is 4. The molecule has 0 amide bonds. The van der Waals surface area contributed by atoms with Gasteiger partial charge in [-0.2, -0.15) is 0 Å². The predicted molar refractivity (Wildman–Crippen MR) is 106 cm³/mol. The van der Waals surface area contributed by atoms with Gasteiger partial charge in [-0.3, -0.25) is 18.7 Å². The molecule has 2 aliphatic rings. The van der Waals surface area contributed by atoms with Gasteiger partial charge in [-0.05, 0) is 6.07 Å². The number of aromatic nitrogens is 2. The summed E-state index contributed by atoms with van der Waals surface area (Å²) in [6, 6.07) is 13.2. The largest absolute Gasteiger partial charge is 0.340 e. The third-order valence-electron chi connectivity index (χ3n) is 5.69. The van der Waals surface area contributed by atoms with E-state index in [0.29, 0.717) is 22.4 Å². The van der Waals surface area contributed by atoms with E-state index in [-0.39, 0.29) is 22.7 Å². The van der Waals surface area contributed by atoms with Crippen molar-refractivity contribution in [1.82, 2.24) is 9.13 Å². The number of nitrogens with zero attached hydrogens (tertiary/aromatic N) is 2. The summed E-state index contributed by atoms with van der Waals surface area (Å²) in [5.41, 5.74) is 1.33. The fourth-order valence-corrected chi connectivity index (χ4v) is 4.28. The first-order chi connectivity index (χ1) is 13.9. The lowest BCUT2D eigenvalue weighted by Crippen LogP contribution is -2.43. The number of Topliss-reactive ketones (excluding diaryl/α,β-unsaturated/α-hetero) is 1. The molecule has 3 aromatic rings. The van der Waals surface area contributed by atoms with Crippen LogP contribution in [0.1, 0.15) is 33.0 Å². The van der Waals surface area contributed by atoms with Gasteiger partial charge < -0.3 is 5.32 Å². The van der Waals surface area contributed by atoms with Crippen LogP contribution >= 0.6 is 0 Å². The molecule has 0 saturated carbocycles. The first kappa shape index (κ1) is 17.4. The fraction of sp³-hybridized carbons (Fsp3) is 0.136. The second-order valence-electron chi connectivity index (χ2n) is 7.21. The van der Waals surface area contributed by atoms with Gasteiger partial charge in [0.2, 0.25) is 0 Å². The molecule has 0 saturated heterocycles. The van der Waals surface area contributed by atoms with Crippen molar-refractivity contribution in [2.75, 3.05) is 5.32 Å². The number of ketones is 1. The molecule has 29 heavy (non-hydrogen) atoms. The Balaban J connectivity index is 1.92. The summed E-state index contributed by atoms with van der Waals surface area (Å²) >= 11 is 0. The molecular formula is C22H16FN3O3. The molecule has 6 nitrogen and oxygen atoms in total. The summed E-state index contributed by atoms with van der Waals surface area (Å²) in [5.74, 6) is -1.42. The number of hydrogen-bond donors (Lipinski definition) is 1. The van der Waals surface area contributed by atoms with Crippen LogP contribution in [0, 0.1) is 5.82 Å². The Hall–Kier alpha value is -3.74. The highest BCUT2D eigenvalue weighted by Gasteiger charge is 2.43. The smallest absolute Gasteiger partial charge is 0.332 e. The van der Waals surface area contributed by atoms with Crippen molar-refractivity contribution in [3.8, 4) is 0 Å². The van der Waals surface area contributed by atoms with Crippen molar-refractivity contribution in [1.29, 1.82) is 0 Å². The number of halogens is 1. The molecule has 0 fully saturated rings. The van der Waals surface area contributed by atoms with Crippen LogP contribution in [0.3, 0.4) is 0 Å². The third kappa shape index (κ3) is 2.18. The Labute approximate surface area is 164 Å². The highest BCUT2D eigenvalue weighted by molar-refractivity contribution is 6.23. The van der Waals surface area contributed by atoms with E-state index in [2.05, 4.69) is 5.32 Å². The molecule has 5 rings (SSSR count). The van der Waals surface area contributed by atoms with E-state index in [1.54, 1.807) is 49.5 Å². The summed E-state index contributed by atoms with van der Waals surface area (Å²) in [6.45, 7) is 0. The zero-order valence-corrected chi connectivity index (χ0v) is 15.7. The second kappa shape index (κ2) is 5.88.